The molecular formula is C15H17N3OS. The van der Waals surface area contributed by atoms with Crippen molar-refractivity contribution in [3.63, 3.8) is 0 Å². The number of carbonyl (C=O) groups is 1. The van der Waals surface area contributed by atoms with Gasteiger partial charge in [-0.15, -0.1) is 11.3 Å². The molecule has 2 heterocycles. The summed E-state index contributed by atoms with van der Waals surface area (Å²) in [5.74, 6) is 0.0339. The molecule has 2 aromatic rings. The van der Waals surface area contributed by atoms with Gasteiger partial charge < -0.3 is 5.32 Å². The summed E-state index contributed by atoms with van der Waals surface area (Å²) in [6.07, 6.45) is 5.71. The van der Waals surface area contributed by atoms with Crippen molar-refractivity contribution in [2.24, 2.45) is 0 Å². The molecule has 0 radical (unpaired) electrons. The summed E-state index contributed by atoms with van der Waals surface area (Å²) in [4.78, 5) is 21.6. The fraction of sp³-hybridized carbons (Fsp3) is 0.400. The van der Waals surface area contributed by atoms with Gasteiger partial charge in [0.15, 0.2) is 0 Å². The van der Waals surface area contributed by atoms with Crippen LogP contribution in [0.25, 0.3) is 0 Å². The number of rotatable bonds is 5. The lowest BCUT2D eigenvalue weighted by molar-refractivity contribution is 0.0954. The van der Waals surface area contributed by atoms with Crippen molar-refractivity contribution >= 4 is 17.2 Å². The Balaban J connectivity index is 1.64. The second kappa shape index (κ2) is 5.71. The summed E-state index contributed by atoms with van der Waals surface area (Å²) in [6, 6.07) is 6.31. The minimum atomic E-state index is 0.0339. The predicted molar refractivity (Wildman–Crippen MR) is 79.0 cm³/mol. The van der Waals surface area contributed by atoms with Gasteiger partial charge in [0.2, 0.25) is 0 Å². The van der Waals surface area contributed by atoms with Gasteiger partial charge in [0.05, 0.1) is 10.7 Å². The molecule has 0 saturated heterocycles. The van der Waals surface area contributed by atoms with Crippen molar-refractivity contribution in [1.82, 2.24) is 15.3 Å². The Morgan fingerprint density at radius 3 is 2.95 bits per heavy atom. The number of aromatic nitrogens is 2. The highest BCUT2D eigenvalue weighted by atomic mass is 32.1. The minimum Gasteiger partial charge on any atom is -0.349 e. The van der Waals surface area contributed by atoms with Gasteiger partial charge in [0, 0.05) is 24.4 Å². The molecule has 20 heavy (non-hydrogen) atoms. The molecule has 0 unspecified atom stereocenters. The zero-order chi connectivity index (χ0) is 13.9. The number of nitrogens with zero attached hydrogens (tertiary/aromatic N) is 2. The van der Waals surface area contributed by atoms with Crippen molar-refractivity contribution in [3.05, 3.63) is 45.7 Å². The molecule has 0 atom stereocenters. The van der Waals surface area contributed by atoms with Gasteiger partial charge in [-0.3, -0.25) is 9.78 Å². The van der Waals surface area contributed by atoms with Gasteiger partial charge in [-0.25, -0.2) is 4.98 Å². The fourth-order valence-electron chi connectivity index (χ4n) is 2.03. The highest BCUT2D eigenvalue weighted by Gasteiger charge is 2.25. The molecule has 4 nitrogen and oxygen atoms in total. The molecule has 0 aliphatic heterocycles. The van der Waals surface area contributed by atoms with Gasteiger partial charge >= 0.3 is 0 Å². The van der Waals surface area contributed by atoms with Crippen LogP contribution < -0.4 is 5.32 Å². The SMILES string of the molecule is Cc1nc(CCc2ccccn2)sc1C(=O)NC1CC1. The average molecular weight is 287 g/mol. The third-order valence-electron chi connectivity index (χ3n) is 3.28. The van der Waals surface area contributed by atoms with Crippen molar-refractivity contribution in [2.45, 2.75) is 38.6 Å². The predicted octanol–water partition coefficient (Wildman–Crippen LogP) is 2.52. The van der Waals surface area contributed by atoms with Crippen LogP contribution in [0.2, 0.25) is 0 Å². The van der Waals surface area contributed by atoms with Crippen molar-refractivity contribution in [3.8, 4) is 0 Å². The zero-order valence-corrected chi connectivity index (χ0v) is 12.2. The zero-order valence-electron chi connectivity index (χ0n) is 11.4. The largest absolute Gasteiger partial charge is 0.349 e. The maximum atomic E-state index is 12.1. The number of hydrogen-bond donors (Lipinski definition) is 1. The number of hydrogen-bond acceptors (Lipinski definition) is 4. The first-order chi connectivity index (χ1) is 9.72. The smallest absolute Gasteiger partial charge is 0.263 e. The lowest BCUT2D eigenvalue weighted by Gasteiger charge is -1.99. The molecule has 0 aromatic carbocycles. The molecule has 1 N–H and O–H groups in total. The summed E-state index contributed by atoms with van der Waals surface area (Å²) in [5, 5.41) is 4.03. The second-order valence-corrected chi connectivity index (χ2v) is 6.17. The first-order valence-electron chi connectivity index (χ1n) is 6.89. The number of amides is 1. The number of carbonyl (C=O) groups excluding carboxylic acids is 1. The molecule has 1 fully saturated rings. The molecule has 1 amide bonds. The van der Waals surface area contributed by atoms with Gasteiger partial charge in [-0.2, -0.15) is 0 Å². The summed E-state index contributed by atoms with van der Waals surface area (Å²) >= 11 is 1.51. The van der Waals surface area contributed by atoms with Gasteiger partial charge in [-0.05, 0) is 38.3 Å². The number of pyridine rings is 1. The molecule has 0 spiro atoms. The maximum absolute atomic E-state index is 12.1. The van der Waals surface area contributed by atoms with Crippen LogP contribution in [0.15, 0.2) is 24.4 Å². The summed E-state index contributed by atoms with van der Waals surface area (Å²) in [7, 11) is 0. The highest BCUT2D eigenvalue weighted by Crippen LogP contribution is 2.23. The van der Waals surface area contributed by atoms with E-state index < -0.39 is 0 Å². The molecule has 104 valence electrons. The minimum absolute atomic E-state index is 0.0339. The third kappa shape index (κ3) is 3.22. The molecule has 3 rings (SSSR count). The molecule has 1 aliphatic carbocycles. The van der Waals surface area contributed by atoms with Gasteiger partial charge in [-0.1, -0.05) is 6.07 Å². The van der Waals surface area contributed by atoms with Crippen LogP contribution in [0, 0.1) is 6.92 Å². The van der Waals surface area contributed by atoms with E-state index in [1.807, 2.05) is 25.1 Å². The first-order valence-corrected chi connectivity index (χ1v) is 7.71. The van der Waals surface area contributed by atoms with Gasteiger partial charge in [0.25, 0.3) is 5.91 Å². The maximum Gasteiger partial charge on any atom is 0.263 e. The quantitative estimate of drug-likeness (QED) is 0.919. The van der Waals surface area contributed by atoms with Crippen molar-refractivity contribution in [1.29, 1.82) is 0 Å². The molecule has 1 saturated carbocycles. The van der Waals surface area contributed by atoms with E-state index in [4.69, 9.17) is 0 Å². The first kappa shape index (κ1) is 13.2. The number of nitrogens with one attached hydrogen (secondary N) is 1. The lowest BCUT2D eigenvalue weighted by Crippen LogP contribution is -2.25. The fourth-order valence-corrected chi connectivity index (χ4v) is 3.00. The molecule has 1 aliphatic rings. The van der Waals surface area contributed by atoms with Crippen molar-refractivity contribution < 1.29 is 4.79 Å². The standard InChI is InChI=1S/C15H17N3OS/c1-10-14(15(19)18-12-5-6-12)20-13(17-10)8-7-11-4-2-3-9-16-11/h2-4,9,12H,5-8H2,1H3,(H,18,19). The summed E-state index contributed by atoms with van der Waals surface area (Å²) in [6.45, 7) is 1.91. The molecular weight excluding hydrogens is 270 g/mol. The Labute approximate surface area is 122 Å². The Bertz CT molecular complexity index is 605. The van der Waals surface area contributed by atoms with Crippen LogP contribution in [-0.2, 0) is 12.8 Å². The van der Waals surface area contributed by atoms with Crippen LogP contribution in [-0.4, -0.2) is 21.9 Å². The lowest BCUT2D eigenvalue weighted by atomic mass is 10.2. The normalized spacial score (nSPS) is 14.2. The molecule has 5 heteroatoms. The van der Waals surface area contributed by atoms with E-state index in [1.165, 1.54) is 11.3 Å². The van der Waals surface area contributed by atoms with E-state index in [0.717, 1.165) is 47.0 Å². The third-order valence-corrected chi connectivity index (χ3v) is 4.50. The van der Waals surface area contributed by atoms with Crippen LogP contribution in [0.3, 0.4) is 0 Å². The average Bonchev–Trinajstić information content (AvgIpc) is 3.18. The topological polar surface area (TPSA) is 54.9 Å². The van der Waals surface area contributed by atoms with Crippen LogP contribution in [0.4, 0.5) is 0 Å². The van der Waals surface area contributed by atoms with E-state index in [2.05, 4.69) is 15.3 Å². The highest BCUT2D eigenvalue weighted by molar-refractivity contribution is 7.13. The monoisotopic (exact) mass is 287 g/mol. The van der Waals surface area contributed by atoms with E-state index in [-0.39, 0.29) is 5.91 Å². The Morgan fingerprint density at radius 1 is 1.40 bits per heavy atom. The Morgan fingerprint density at radius 2 is 2.25 bits per heavy atom. The van der Waals surface area contributed by atoms with E-state index in [9.17, 15) is 4.79 Å². The Hall–Kier alpha value is -1.75. The van der Waals surface area contributed by atoms with Crippen LogP contribution in [0.5, 0.6) is 0 Å². The summed E-state index contributed by atoms with van der Waals surface area (Å²) < 4.78 is 0. The number of thiazole rings is 1. The van der Waals surface area contributed by atoms with Gasteiger partial charge in [0.1, 0.15) is 4.88 Å². The number of aryl methyl sites for hydroxylation is 3. The van der Waals surface area contributed by atoms with Crippen LogP contribution >= 0.6 is 11.3 Å². The second-order valence-electron chi connectivity index (χ2n) is 5.09. The van der Waals surface area contributed by atoms with E-state index >= 15 is 0 Å². The van der Waals surface area contributed by atoms with Crippen LogP contribution in [0.1, 0.15) is 38.9 Å². The summed E-state index contributed by atoms with van der Waals surface area (Å²) in [5.41, 5.74) is 1.90. The van der Waals surface area contributed by atoms with E-state index in [1.54, 1.807) is 6.20 Å². The molecule has 2 aromatic heterocycles. The van der Waals surface area contributed by atoms with E-state index in [0.29, 0.717) is 6.04 Å². The Kier molecular flexibility index (Phi) is 3.78. The van der Waals surface area contributed by atoms with Crippen molar-refractivity contribution in [2.75, 3.05) is 0 Å². The molecule has 0 bridgehead atoms.